The summed E-state index contributed by atoms with van der Waals surface area (Å²) in [6.45, 7) is 5.47. The van der Waals surface area contributed by atoms with Gasteiger partial charge in [-0.15, -0.1) is 0 Å². The lowest BCUT2D eigenvalue weighted by atomic mass is 9.99. The van der Waals surface area contributed by atoms with E-state index in [1.54, 1.807) is 25.1 Å². The Morgan fingerprint density at radius 2 is 2.18 bits per heavy atom. The number of benzene rings is 1. The van der Waals surface area contributed by atoms with E-state index in [9.17, 15) is 5.11 Å². The van der Waals surface area contributed by atoms with Crippen molar-refractivity contribution >= 4 is 22.8 Å². The van der Waals surface area contributed by atoms with Crippen LogP contribution in [0.3, 0.4) is 0 Å². The molecule has 1 unspecified atom stereocenters. The Morgan fingerprint density at radius 3 is 2.82 bits per heavy atom. The summed E-state index contributed by atoms with van der Waals surface area (Å²) < 4.78 is 5.52. The van der Waals surface area contributed by atoms with E-state index < -0.39 is 11.6 Å². The number of anilines is 2. The van der Waals surface area contributed by atoms with Gasteiger partial charge >= 0.3 is 0 Å². The lowest BCUT2D eigenvalue weighted by molar-refractivity contribution is 0.131. The predicted octanol–water partition coefficient (Wildman–Crippen LogP) is 1.98. The Bertz CT molecular complexity index is 532. The van der Waals surface area contributed by atoms with Crippen LogP contribution in [-0.2, 0) is 0 Å². The summed E-state index contributed by atoms with van der Waals surface area (Å²) in [6, 6.07) is 5.68. The maximum absolute atomic E-state index is 9.61. The number of nitrogens with zero attached hydrogens (tertiary/aromatic N) is 1. The maximum Gasteiger partial charge on any atom is 0.296 e. The van der Waals surface area contributed by atoms with Crippen LogP contribution in [0, 0.1) is 0 Å². The average molecular weight is 235 g/mol. The van der Waals surface area contributed by atoms with Gasteiger partial charge in [-0.05, 0) is 32.9 Å². The molecule has 0 saturated heterocycles. The van der Waals surface area contributed by atoms with Gasteiger partial charge in [0.1, 0.15) is 5.52 Å². The first-order valence-electron chi connectivity index (χ1n) is 5.51. The highest BCUT2D eigenvalue weighted by Crippen LogP contribution is 2.24. The van der Waals surface area contributed by atoms with Crippen LogP contribution in [0.5, 0.6) is 0 Å². The number of aliphatic hydroxyl groups is 1. The monoisotopic (exact) mass is 235 g/mol. The molecule has 4 N–H and O–H groups in total. The minimum Gasteiger partial charge on any atom is -0.423 e. The van der Waals surface area contributed by atoms with E-state index >= 15 is 0 Å². The highest BCUT2D eigenvalue weighted by Gasteiger charge is 2.25. The fourth-order valence-corrected chi connectivity index (χ4v) is 1.37. The lowest BCUT2D eigenvalue weighted by Gasteiger charge is -2.28. The molecule has 0 fully saturated rings. The Labute approximate surface area is 99.6 Å². The number of hydrogen-bond acceptors (Lipinski definition) is 5. The van der Waals surface area contributed by atoms with Gasteiger partial charge in [0.25, 0.3) is 6.01 Å². The van der Waals surface area contributed by atoms with Crippen molar-refractivity contribution in [2.24, 2.45) is 0 Å². The molecule has 2 rings (SSSR count). The molecule has 92 valence electrons. The second-order valence-corrected chi connectivity index (χ2v) is 4.77. The van der Waals surface area contributed by atoms with Crippen LogP contribution in [0.2, 0.25) is 0 Å². The van der Waals surface area contributed by atoms with Gasteiger partial charge < -0.3 is 20.6 Å². The summed E-state index contributed by atoms with van der Waals surface area (Å²) in [5.41, 5.74) is 7.16. The molecular formula is C12H17N3O2. The molecular weight excluding hydrogens is 218 g/mol. The van der Waals surface area contributed by atoms with Gasteiger partial charge in [0.15, 0.2) is 5.58 Å². The fourth-order valence-electron chi connectivity index (χ4n) is 1.37. The zero-order valence-electron chi connectivity index (χ0n) is 10.2. The third-order valence-electron chi connectivity index (χ3n) is 2.89. The highest BCUT2D eigenvalue weighted by molar-refractivity contribution is 5.78. The minimum atomic E-state index is -0.525. The number of nitrogens with one attached hydrogen (secondary N) is 1. The number of nitrogens with two attached hydrogens (primary N) is 1. The molecule has 0 aliphatic rings. The molecule has 1 heterocycles. The Morgan fingerprint density at radius 1 is 1.47 bits per heavy atom. The first kappa shape index (κ1) is 11.7. The zero-order chi connectivity index (χ0) is 12.6. The molecule has 0 spiro atoms. The van der Waals surface area contributed by atoms with Gasteiger partial charge in [0.05, 0.1) is 11.6 Å². The molecule has 17 heavy (non-hydrogen) atoms. The van der Waals surface area contributed by atoms with Gasteiger partial charge in [-0.3, -0.25) is 0 Å². The molecule has 0 amide bonds. The summed E-state index contributed by atoms with van der Waals surface area (Å²) in [6.07, 6.45) is -0.525. The first-order valence-corrected chi connectivity index (χ1v) is 5.51. The SMILES string of the molecule is CC(O)C(C)(C)Nc1nc2ccc(N)cc2o1. The smallest absolute Gasteiger partial charge is 0.296 e. The van der Waals surface area contributed by atoms with E-state index in [0.717, 1.165) is 5.52 Å². The van der Waals surface area contributed by atoms with Gasteiger partial charge in [-0.25, -0.2) is 0 Å². The maximum atomic E-state index is 9.61. The molecule has 0 saturated carbocycles. The largest absolute Gasteiger partial charge is 0.423 e. The number of fused-ring (bicyclic) bond motifs is 1. The third kappa shape index (κ3) is 2.34. The molecule has 2 aromatic rings. The van der Waals surface area contributed by atoms with Crippen LogP contribution >= 0.6 is 0 Å². The number of oxazole rings is 1. The number of aliphatic hydroxyl groups excluding tert-OH is 1. The Kier molecular flexibility index (Phi) is 2.71. The molecule has 5 nitrogen and oxygen atoms in total. The molecule has 5 heteroatoms. The van der Waals surface area contributed by atoms with Crippen LogP contribution in [0.4, 0.5) is 11.7 Å². The molecule has 0 radical (unpaired) electrons. The topological polar surface area (TPSA) is 84.3 Å². The molecule has 1 aromatic carbocycles. The van der Waals surface area contributed by atoms with E-state index in [0.29, 0.717) is 17.3 Å². The Balaban J connectivity index is 2.31. The predicted molar refractivity (Wildman–Crippen MR) is 67.8 cm³/mol. The normalized spacial score (nSPS) is 13.9. The van der Waals surface area contributed by atoms with E-state index in [-0.39, 0.29) is 0 Å². The zero-order valence-corrected chi connectivity index (χ0v) is 10.2. The number of nitrogen functional groups attached to an aromatic ring is 1. The second-order valence-electron chi connectivity index (χ2n) is 4.77. The molecule has 0 aliphatic carbocycles. The van der Waals surface area contributed by atoms with Crippen LogP contribution in [0.1, 0.15) is 20.8 Å². The van der Waals surface area contributed by atoms with E-state index in [4.69, 9.17) is 10.2 Å². The van der Waals surface area contributed by atoms with Crippen molar-refractivity contribution in [3.8, 4) is 0 Å². The van der Waals surface area contributed by atoms with Gasteiger partial charge in [-0.1, -0.05) is 0 Å². The number of hydrogen-bond donors (Lipinski definition) is 3. The van der Waals surface area contributed by atoms with Crippen molar-refractivity contribution in [2.45, 2.75) is 32.4 Å². The van der Waals surface area contributed by atoms with Crippen molar-refractivity contribution in [3.05, 3.63) is 18.2 Å². The van der Waals surface area contributed by atoms with Gasteiger partial charge in [0.2, 0.25) is 0 Å². The lowest BCUT2D eigenvalue weighted by Crippen LogP contribution is -2.41. The van der Waals surface area contributed by atoms with Crippen molar-refractivity contribution in [3.63, 3.8) is 0 Å². The van der Waals surface area contributed by atoms with E-state index in [1.807, 2.05) is 13.8 Å². The summed E-state index contributed by atoms with van der Waals surface area (Å²) in [5, 5.41) is 12.7. The van der Waals surface area contributed by atoms with Crippen LogP contribution in [-0.4, -0.2) is 21.7 Å². The molecule has 1 aromatic heterocycles. The van der Waals surface area contributed by atoms with E-state index in [1.165, 1.54) is 0 Å². The molecule has 1 atom stereocenters. The summed E-state index contributed by atoms with van der Waals surface area (Å²) >= 11 is 0. The van der Waals surface area contributed by atoms with E-state index in [2.05, 4.69) is 10.3 Å². The van der Waals surface area contributed by atoms with Gasteiger partial charge in [-0.2, -0.15) is 4.98 Å². The van der Waals surface area contributed by atoms with Gasteiger partial charge in [0, 0.05) is 11.8 Å². The average Bonchev–Trinajstić information content (AvgIpc) is 2.57. The second kappa shape index (κ2) is 3.92. The van der Waals surface area contributed by atoms with Crippen LogP contribution in [0.15, 0.2) is 22.6 Å². The molecule has 0 aliphatic heterocycles. The quantitative estimate of drug-likeness (QED) is 0.708. The van der Waals surface area contributed by atoms with Crippen LogP contribution < -0.4 is 11.1 Å². The number of aromatic nitrogens is 1. The van der Waals surface area contributed by atoms with Crippen LogP contribution in [0.25, 0.3) is 11.1 Å². The summed E-state index contributed by atoms with van der Waals surface area (Å²) in [4.78, 5) is 4.28. The summed E-state index contributed by atoms with van der Waals surface area (Å²) in [5.74, 6) is 0. The van der Waals surface area contributed by atoms with Crippen molar-refractivity contribution in [2.75, 3.05) is 11.1 Å². The minimum absolute atomic E-state index is 0.386. The van der Waals surface area contributed by atoms with Crippen molar-refractivity contribution < 1.29 is 9.52 Å². The number of rotatable bonds is 3. The van der Waals surface area contributed by atoms with Crippen molar-refractivity contribution in [1.29, 1.82) is 0 Å². The summed E-state index contributed by atoms with van der Waals surface area (Å²) in [7, 11) is 0. The third-order valence-corrected chi connectivity index (χ3v) is 2.89. The molecule has 0 bridgehead atoms. The standard InChI is InChI=1S/C12H17N3O2/c1-7(16)12(2,3)15-11-14-9-5-4-8(13)6-10(9)17-11/h4-7,16H,13H2,1-3H3,(H,14,15). The first-order chi connectivity index (χ1) is 7.88. The fraction of sp³-hybridized carbons (Fsp3) is 0.417. The highest BCUT2D eigenvalue weighted by atomic mass is 16.4. The van der Waals surface area contributed by atoms with Crippen molar-refractivity contribution in [1.82, 2.24) is 4.98 Å². The Hall–Kier alpha value is -1.75.